The predicted octanol–water partition coefficient (Wildman–Crippen LogP) is 5.21. The summed E-state index contributed by atoms with van der Waals surface area (Å²) in [6.45, 7) is 13.9. The normalized spacial score (nSPS) is 11.4. The first-order valence-electron chi connectivity index (χ1n) is 9.91. The number of aromatic nitrogens is 1. The van der Waals surface area contributed by atoms with E-state index in [1.807, 2.05) is 36.1 Å². The van der Waals surface area contributed by atoms with Crippen LogP contribution >= 0.6 is 11.3 Å². The van der Waals surface area contributed by atoms with Gasteiger partial charge in [0.2, 0.25) is 0 Å². The van der Waals surface area contributed by atoms with Crippen LogP contribution in [0.15, 0.2) is 36.4 Å². The Hall–Kier alpha value is -2.24. The van der Waals surface area contributed by atoms with Crippen LogP contribution in [-0.2, 0) is 0 Å². The van der Waals surface area contributed by atoms with Gasteiger partial charge in [-0.25, -0.2) is 4.98 Å². The molecule has 0 aliphatic heterocycles. The van der Waals surface area contributed by atoms with Crippen LogP contribution in [0.5, 0.6) is 0 Å². The van der Waals surface area contributed by atoms with Gasteiger partial charge in [0.25, 0.3) is 5.91 Å². The number of carbonyl (C=O) groups is 1. The minimum absolute atomic E-state index is 0.0179. The van der Waals surface area contributed by atoms with Crippen LogP contribution in [0, 0.1) is 20.8 Å². The summed E-state index contributed by atoms with van der Waals surface area (Å²) in [5.41, 5.74) is 5.18. The van der Waals surface area contributed by atoms with Crippen molar-refractivity contribution in [3.8, 4) is 0 Å². The van der Waals surface area contributed by atoms with Gasteiger partial charge in [-0.1, -0.05) is 48.9 Å². The van der Waals surface area contributed by atoms with Gasteiger partial charge in [-0.2, -0.15) is 0 Å². The Morgan fingerprint density at radius 2 is 1.75 bits per heavy atom. The lowest BCUT2D eigenvalue weighted by atomic mass is 10.1. The molecule has 28 heavy (non-hydrogen) atoms. The van der Waals surface area contributed by atoms with Crippen molar-refractivity contribution in [1.82, 2.24) is 9.88 Å². The summed E-state index contributed by atoms with van der Waals surface area (Å²) in [5.74, 6) is 0.0179. The molecule has 5 heteroatoms. The number of likely N-dealkylation sites (N-methyl/N-ethyl adjacent to an activating group) is 1. The van der Waals surface area contributed by atoms with E-state index in [-0.39, 0.29) is 5.91 Å². The number of rotatable bonds is 7. The highest BCUT2D eigenvalue weighted by Crippen LogP contribution is 2.32. The number of fused-ring (bicyclic) bond motifs is 1. The first-order valence-corrected chi connectivity index (χ1v) is 10.7. The van der Waals surface area contributed by atoms with Gasteiger partial charge in [-0.05, 0) is 63.2 Å². The lowest BCUT2D eigenvalue weighted by Gasteiger charge is -2.24. The van der Waals surface area contributed by atoms with Crippen LogP contribution in [0.25, 0.3) is 10.2 Å². The maximum absolute atomic E-state index is 13.4. The van der Waals surface area contributed by atoms with E-state index in [2.05, 4.69) is 44.7 Å². The molecule has 0 saturated carbocycles. The summed E-state index contributed by atoms with van der Waals surface area (Å²) in [4.78, 5) is 22.4. The zero-order valence-electron chi connectivity index (χ0n) is 17.5. The first kappa shape index (κ1) is 20.5. The Morgan fingerprint density at radius 3 is 2.43 bits per heavy atom. The summed E-state index contributed by atoms with van der Waals surface area (Å²) in [6.07, 6.45) is 0. The molecule has 0 aliphatic rings. The molecular weight excluding hydrogens is 366 g/mol. The molecule has 0 unspecified atom stereocenters. The average molecular weight is 396 g/mol. The third kappa shape index (κ3) is 4.42. The van der Waals surface area contributed by atoms with E-state index in [0.29, 0.717) is 12.1 Å². The van der Waals surface area contributed by atoms with Gasteiger partial charge >= 0.3 is 0 Å². The standard InChI is InChI=1S/C23H29N3OS/c1-6-25(7-2)11-12-26(22(27)19-10-8-9-16(3)14-19)23-24-21-18(5)13-17(4)15-20(21)28-23/h8-10,13-15H,6-7,11-12H2,1-5H3. The molecule has 0 radical (unpaired) electrons. The first-order chi connectivity index (χ1) is 13.4. The predicted molar refractivity (Wildman–Crippen MR) is 120 cm³/mol. The fraction of sp³-hybridized carbons (Fsp3) is 0.391. The maximum atomic E-state index is 13.4. The Morgan fingerprint density at radius 1 is 1.00 bits per heavy atom. The van der Waals surface area contributed by atoms with Gasteiger partial charge < -0.3 is 4.90 Å². The van der Waals surface area contributed by atoms with Crippen LogP contribution < -0.4 is 4.90 Å². The minimum Gasteiger partial charge on any atom is -0.302 e. The molecule has 0 saturated heterocycles. The quantitative estimate of drug-likeness (QED) is 0.551. The lowest BCUT2D eigenvalue weighted by molar-refractivity contribution is 0.0983. The van der Waals surface area contributed by atoms with E-state index < -0.39 is 0 Å². The van der Waals surface area contributed by atoms with Crippen LogP contribution in [0.4, 0.5) is 5.13 Å². The molecule has 0 spiro atoms. The van der Waals surface area contributed by atoms with Crippen molar-refractivity contribution in [3.05, 3.63) is 58.7 Å². The van der Waals surface area contributed by atoms with Crippen molar-refractivity contribution in [2.75, 3.05) is 31.1 Å². The molecule has 1 amide bonds. The number of carbonyl (C=O) groups excluding carboxylic acids is 1. The second-order valence-corrected chi connectivity index (χ2v) is 8.29. The highest BCUT2D eigenvalue weighted by molar-refractivity contribution is 7.22. The van der Waals surface area contributed by atoms with Gasteiger partial charge in [-0.15, -0.1) is 0 Å². The van der Waals surface area contributed by atoms with Crippen LogP contribution in [0.3, 0.4) is 0 Å². The van der Waals surface area contributed by atoms with Crippen molar-refractivity contribution in [1.29, 1.82) is 0 Å². The number of benzene rings is 2. The van der Waals surface area contributed by atoms with Crippen LogP contribution in [-0.4, -0.2) is 42.0 Å². The fourth-order valence-electron chi connectivity index (χ4n) is 3.47. The number of anilines is 1. The second-order valence-electron chi connectivity index (χ2n) is 7.28. The molecule has 0 aliphatic carbocycles. The van der Waals surface area contributed by atoms with Crippen molar-refractivity contribution in [2.45, 2.75) is 34.6 Å². The van der Waals surface area contributed by atoms with Crippen molar-refractivity contribution in [2.24, 2.45) is 0 Å². The molecule has 1 aromatic heterocycles. The Balaban J connectivity index is 2.00. The number of nitrogens with zero attached hydrogens (tertiary/aromatic N) is 3. The highest BCUT2D eigenvalue weighted by Gasteiger charge is 2.22. The van der Waals surface area contributed by atoms with Crippen molar-refractivity contribution in [3.63, 3.8) is 0 Å². The van der Waals surface area contributed by atoms with E-state index >= 15 is 0 Å². The van der Waals surface area contributed by atoms with Gasteiger partial charge in [0.05, 0.1) is 10.2 Å². The zero-order chi connectivity index (χ0) is 20.3. The second kappa shape index (κ2) is 8.84. The Bertz CT molecular complexity index is 975. The summed E-state index contributed by atoms with van der Waals surface area (Å²) in [5, 5.41) is 0.780. The number of hydrogen-bond donors (Lipinski definition) is 0. The SMILES string of the molecule is CCN(CC)CCN(C(=O)c1cccc(C)c1)c1nc2c(C)cc(C)cc2s1. The van der Waals surface area contributed by atoms with Gasteiger partial charge in [-0.3, -0.25) is 9.69 Å². The van der Waals surface area contributed by atoms with Gasteiger partial charge in [0.15, 0.2) is 5.13 Å². The average Bonchev–Trinajstić information content (AvgIpc) is 3.09. The maximum Gasteiger partial charge on any atom is 0.260 e. The van der Waals surface area contributed by atoms with Gasteiger partial charge in [0, 0.05) is 18.7 Å². The monoisotopic (exact) mass is 395 g/mol. The summed E-state index contributed by atoms with van der Waals surface area (Å²) >= 11 is 1.60. The molecule has 4 nitrogen and oxygen atoms in total. The van der Waals surface area contributed by atoms with Crippen LogP contribution in [0.1, 0.15) is 40.9 Å². The number of hydrogen-bond acceptors (Lipinski definition) is 4. The molecule has 0 bridgehead atoms. The summed E-state index contributed by atoms with van der Waals surface area (Å²) < 4.78 is 1.14. The van der Waals surface area contributed by atoms with Crippen molar-refractivity contribution < 1.29 is 4.79 Å². The molecule has 2 aromatic carbocycles. The van der Waals surface area contributed by atoms with E-state index in [9.17, 15) is 4.79 Å². The van der Waals surface area contributed by atoms with E-state index in [1.165, 1.54) is 5.56 Å². The summed E-state index contributed by atoms with van der Waals surface area (Å²) in [6, 6.07) is 12.1. The summed E-state index contributed by atoms with van der Waals surface area (Å²) in [7, 11) is 0. The van der Waals surface area contributed by atoms with Crippen molar-refractivity contribution >= 4 is 32.6 Å². The largest absolute Gasteiger partial charge is 0.302 e. The molecule has 148 valence electrons. The fourth-order valence-corrected chi connectivity index (χ4v) is 4.64. The highest BCUT2D eigenvalue weighted by atomic mass is 32.1. The number of thiazole rings is 1. The van der Waals surface area contributed by atoms with E-state index in [4.69, 9.17) is 4.98 Å². The lowest BCUT2D eigenvalue weighted by Crippen LogP contribution is -2.38. The topological polar surface area (TPSA) is 36.4 Å². The third-order valence-corrected chi connectivity index (χ3v) is 6.12. The van der Waals surface area contributed by atoms with Crippen LogP contribution in [0.2, 0.25) is 0 Å². The number of aryl methyl sites for hydroxylation is 3. The molecule has 3 aromatic rings. The minimum atomic E-state index is 0.0179. The molecule has 3 rings (SSSR count). The molecular formula is C23H29N3OS. The molecule has 1 heterocycles. The third-order valence-electron chi connectivity index (χ3n) is 5.09. The van der Waals surface area contributed by atoms with E-state index in [0.717, 1.165) is 46.1 Å². The van der Waals surface area contributed by atoms with Gasteiger partial charge in [0.1, 0.15) is 0 Å². The smallest absolute Gasteiger partial charge is 0.260 e. The Kier molecular flexibility index (Phi) is 6.47. The van der Waals surface area contributed by atoms with E-state index in [1.54, 1.807) is 11.3 Å². The molecule has 0 N–H and O–H groups in total. The Labute approximate surface area is 171 Å². The zero-order valence-corrected chi connectivity index (χ0v) is 18.3. The molecule has 0 fully saturated rings. The molecule has 0 atom stereocenters. The number of amides is 1.